The van der Waals surface area contributed by atoms with Crippen molar-refractivity contribution in [2.24, 2.45) is 0 Å². The van der Waals surface area contributed by atoms with E-state index in [9.17, 15) is 5.26 Å². The zero-order valence-electron chi connectivity index (χ0n) is 27.0. The molecule has 46 heavy (non-hydrogen) atoms. The number of hydrogen-bond acceptors (Lipinski definition) is 2. The van der Waals surface area contributed by atoms with Gasteiger partial charge in [-0.15, -0.1) is 0 Å². The number of pyridine rings is 1. The van der Waals surface area contributed by atoms with Gasteiger partial charge in [0.25, 0.3) is 0 Å². The first-order valence-corrected chi connectivity index (χ1v) is 15.8. The molecule has 0 saturated heterocycles. The third-order valence-corrected chi connectivity index (χ3v) is 9.27. The lowest BCUT2D eigenvalue weighted by Gasteiger charge is -2.19. The normalized spacial score (nSPS) is 11.7. The van der Waals surface area contributed by atoms with Gasteiger partial charge in [0.2, 0.25) is 0 Å². The third-order valence-electron chi connectivity index (χ3n) is 9.27. The second-order valence-electron chi connectivity index (χ2n) is 12.9. The van der Waals surface area contributed by atoms with Gasteiger partial charge in [-0.3, -0.25) is 4.98 Å². The zero-order chi connectivity index (χ0) is 31.9. The van der Waals surface area contributed by atoms with Crippen LogP contribution in [-0.2, 0) is 0 Å². The number of nitrogens with zero attached hydrogens (tertiary/aromatic N) is 4. The fraction of sp³-hybridized carbons (Fsp3) is 0.143. The van der Waals surface area contributed by atoms with Crippen molar-refractivity contribution in [2.75, 3.05) is 0 Å². The maximum atomic E-state index is 10.9. The topological polar surface area (TPSA) is 46.5 Å². The molecule has 0 bridgehead atoms. The van der Waals surface area contributed by atoms with Crippen LogP contribution in [0.15, 0.2) is 97.1 Å². The van der Waals surface area contributed by atoms with Crippen molar-refractivity contribution >= 4 is 43.6 Å². The van der Waals surface area contributed by atoms with Gasteiger partial charge < -0.3 is 9.13 Å². The Morgan fingerprint density at radius 1 is 0.478 bits per heavy atom. The monoisotopic (exact) mass is 594 g/mol. The minimum Gasteiger partial charge on any atom is -0.309 e. The van der Waals surface area contributed by atoms with Gasteiger partial charge in [0.1, 0.15) is 6.07 Å². The molecule has 0 unspecified atom stereocenters. The number of aryl methyl sites for hydroxylation is 6. The van der Waals surface area contributed by atoms with E-state index in [1.54, 1.807) is 0 Å². The molecule has 0 aliphatic heterocycles. The number of fused-ring (bicyclic) bond motifs is 6. The Hall–Kier alpha value is -5.66. The van der Waals surface area contributed by atoms with Crippen LogP contribution in [0.1, 0.15) is 39.2 Å². The quantitative estimate of drug-likeness (QED) is 0.204. The van der Waals surface area contributed by atoms with Gasteiger partial charge >= 0.3 is 0 Å². The molecule has 0 fully saturated rings. The summed E-state index contributed by atoms with van der Waals surface area (Å²) >= 11 is 0. The SMILES string of the molecule is Cc1ccc2c3ccc(C)cc3n(-c3cc(-c4cc(C)nc(C)c4)c(-n4c5cc(C)ccc5c5ccc(C)cc54)cc3C#N)c2c1. The van der Waals surface area contributed by atoms with Gasteiger partial charge in [-0.05, 0) is 118 Å². The molecule has 0 N–H and O–H groups in total. The highest BCUT2D eigenvalue weighted by Crippen LogP contribution is 2.41. The summed E-state index contributed by atoms with van der Waals surface area (Å²) in [5, 5.41) is 15.6. The predicted octanol–water partition coefficient (Wildman–Crippen LogP) is 10.7. The Morgan fingerprint density at radius 3 is 1.26 bits per heavy atom. The summed E-state index contributed by atoms with van der Waals surface area (Å²) in [4.78, 5) is 4.72. The summed E-state index contributed by atoms with van der Waals surface area (Å²) < 4.78 is 4.65. The molecule has 3 heterocycles. The lowest BCUT2D eigenvalue weighted by Crippen LogP contribution is -2.04. The molecule has 0 radical (unpaired) electrons. The first-order valence-electron chi connectivity index (χ1n) is 15.8. The number of benzene rings is 5. The van der Waals surface area contributed by atoms with Gasteiger partial charge in [0.05, 0.1) is 39.0 Å². The van der Waals surface area contributed by atoms with Gasteiger partial charge in [-0.1, -0.05) is 48.5 Å². The second-order valence-corrected chi connectivity index (χ2v) is 12.9. The van der Waals surface area contributed by atoms with Crippen molar-refractivity contribution in [1.82, 2.24) is 14.1 Å². The van der Waals surface area contributed by atoms with Crippen LogP contribution < -0.4 is 0 Å². The van der Waals surface area contributed by atoms with Crippen LogP contribution >= 0.6 is 0 Å². The van der Waals surface area contributed by atoms with E-state index < -0.39 is 0 Å². The van der Waals surface area contributed by atoms with Crippen molar-refractivity contribution in [2.45, 2.75) is 41.5 Å². The van der Waals surface area contributed by atoms with Gasteiger partial charge in [0.15, 0.2) is 0 Å². The molecule has 0 aliphatic carbocycles. The highest BCUT2D eigenvalue weighted by molar-refractivity contribution is 6.11. The third kappa shape index (κ3) is 4.24. The Balaban J connectivity index is 1.57. The van der Waals surface area contributed by atoms with E-state index in [1.165, 1.54) is 43.8 Å². The highest BCUT2D eigenvalue weighted by atomic mass is 15.0. The van der Waals surface area contributed by atoms with Gasteiger partial charge in [0, 0.05) is 38.5 Å². The molecule has 0 spiro atoms. The average molecular weight is 595 g/mol. The lowest BCUT2D eigenvalue weighted by atomic mass is 9.98. The van der Waals surface area contributed by atoms with Crippen molar-refractivity contribution < 1.29 is 0 Å². The molecular formula is C42H34N4. The summed E-state index contributed by atoms with van der Waals surface area (Å²) in [6.45, 7) is 12.6. The predicted molar refractivity (Wildman–Crippen MR) is 191 cm³/mol. The summed E-state index contributed by atoms with van der Waals surface area (Å²) in [6, 6.07) is 37.8. The Kier molecular flexibility index (Phi) is 6.17. The fourth-order valence-corrected chi connectivity index (χ4v) is 7.25. The van der Waals surface area contributed by atoms with E-state index in [0.717, 1.165) is 56.0 Å². The van der Waals surface area contributed by atoms with Crippen LogP contribution in [0.3, 0.4) is 0 Å². The highest BCUT2D eigenvalue weighted by Gasteiger charge is 2.22. The van der Waals surface area contributed by atoms with Gasteiger partial charge in [-0.2, -0.15) is 5.26 Å². The lowest BCUT2D eigenvalue weighted by molar-refractivity contribution is 1.11. The van der Waals surface area contributed by atoms with Crippen molar-refractivity contribution in [1.29, 1.82) is 5.26 Å². The van der Waals surface area contributed by atoms with E-state index in [4.69, 9.17) is 4.98 Å². The number of rotatable bonds is 3. The van der Waals surface area contributed by atoms with E-state index in [1.807, 2.05) is 13.8 Å². The second kappa shape index (κ2) is 10.2. The molecule has 0 amide bonds. The maximum Gasteiger partial charge on any atom is 0.101 e. The molecule has 8 aromatic rings. The van der Waals surface area contributed by atoms with Gasteiger partial charge in [-0.25, -0.2) is 0 Å². The molecule has 4 heteroatoms. The molecule has 0 aliphatic rings. The maximum absolute atomic E-state index is 10.9. The molecule has 0 saturated carbocycles. The smallest absolute Gasteiger partial charge is 0.101 e. The average Bonchev–Trinajstić information content (AvgIpc) is 3.50. The van der Waals surface area contributed by atoms with Crippen molar-refractivity contribution in [3.05, 3.63) is 136 Å². The van der Waals surface area contributed by atoms with E-state index in [0.29, 0.717) is 5.56 Å². The Morgan fingerprint density at radius 2 is 0.870 bits per heavy atom. The summed E-state index contributed by atoms with van der Waals surface area (Å²) in [5.41, 5.74) is 15.7. The van der Waals surface area contributed by atoms with Crippen molar-refractivity contribution in [3.8, 4) is 28.6 Å². The van der Waals surface area contributed by atoms with Crippen LogP contribution in [0.2, 0.25) is 0 Å². The number of nitriles is 1. The summed E-state index contributed by atoms with van der Waals surface area (Å²) in [5.74, 6) is 0. The van der Waals surface area contributed by atoms with E-state index in [-0.39, 0.29) is 0 Å². The van der Waals surface area contributed by atoms with Crippen molar-refractivity contribution in [3.63, 3.8) is 0 Å². The molecular weight excluding hydrogens is 560 g/mol. The fourth-order valence-electron chi connectivity index (χ4n) is 7.25. The molecule has 5 aromatic carbocycles. The van der Waals surface area contributed by atoms with Crippen LogP contribution in [0, 0.1) is 52.9 Å². The zero-order valence-corrected chi connectivity index (χ0v) is 27.0. The molecule has 4 nitrogen and oxygen atoms in total. The Labute approximate surface area is 268 Å². The molecule has 222 valence electrons. The minimum atomic E-state index is 0.623. The largest absolute Gasteiger partial charge is 0.309 e. The molecule has 0 atom stereocenters. The first kappa shape index (κ1) is 27.9. The standard InChI is InChI=1S/C42H34N4/c1-24-7-11-32-33-12-8-25(2)16-39(33)45(38(32)15-24)37-22-36(30-19-28(5)44-29(6)20-30)42(21-31(37)23-43)46-40-17-26(3)9-13-34(40)35-14-10-27(4)18-41(35)46/h7-22H,1-6H3. The minimum absolute atomic E-state index is 0.623. The molecule has 3 aromatic heterocycles. The van der Waals surface area contributed by atoms with E-state index >= 15 is 0 Å². The van der Waals surface area contributed by atoms with Crippen LogP contribution in [0.4, 0.5) is 0 Å². The van der Waals surface area contributed by atoms with Crippen LogP contribution in [-0.4, -0.2) is 14.1 Å². The summed E-state index contributed by atoms with van der Waals surface area (Å²) in [6.07, 6.45) is 0. The van der Waals surface area contributed by atoms with Crippen LogP contribution in [0.5, 0.6) is 0 Å². The molecule has 8 rings (SSSR count). The van der Waals surface area contributed by atoms with E-state index in [2.05, 4.69) is 140 Å². The van der Waals surface area contributed by atoms with Crippen LogP contribution in [0.25, 0.3) is 66.1 Å². The number of aromatic nitrogens is 3. The Bertz CT molecular complexity index is 2470. The number of hydrogen-bond donors (Lipinski definition) is 0. The first-order chi connectivity index (χ1) is 22.2. The summed E-state index contributed by atoms with van der Waals surface area (Å²) in [7, 11) is 0.